The summed E-state index contributed by atoms with van der Waals surface area (Å²) in [7, 11) is 0. The summed E-state index contributed by atoms with van der Waals surface area (Å²) in [4.78, 5) is 28.6. The van der Waals surface area contributed by atoms with Gasteiger partial charge in [0.2, 0.25) is 0 Å². The standard InChI is InChI=1S/C15H20N8O4/c1-9-6-22(15(26)18-14(9)25)13-5-11(12(8-24)27-13)23-7-10(19-21-23)3-2-4-17-20-16/h6-7,11-13,24H,2-5,8H2,1H3,(H,18,25,26)/t11-,12+,13+/m0/s1. The first-order valence-electron chi connectivity index (χ1n) is 8.53. The lowest BCUT2D eigenvalue weighted by molar-refractivity contribution is -0.0323. The molecule has 2 aromatic rings. The SMILES string of the molecule is Cc1cn([C@H]2C[C@H](n3cc(CCCN=[N+]=[N-])nn3)[C@@H](CO)O2)c(=O)[nH]c1=O. The molecule has 1 aliphatic rings. The van der Waals surface area contributed by atoms with Crippen LogP contribution in [0, 0.1) is 6.92 Å². The van der Waals surface area contributed by atoms with Crippen molar-refractivity contribution < 1.29 is 9.84 Å². The maximum atomic E-state index is 12.1. The number of hydrogen-bond donors (Lipinski definition) is 2. The predicted octanol–water partition coefficient (Wildman–Crippen LogP) is 0.201. The predicted molar refractivity (Wildman–Crippen MR) is 93.1 cm³/mol. The minimum Gasteiger partial charge on any atom is -0.394 e. The molecule has 0 amide bonds. The molecule has 3 heterocycles. The largest absolute Gasteiger partial charge is 0.394 e. The minimum atomic E-state index is -0.632. The molecule has 0 aliphatic carbocycles. The highest BCUT2D eigenvalue weighted by atomic mass is 16.5. The normalized spacial score (nSPS) is 21.9. The molecular formula is C15H20N8O4. The molecule has 2 aromatic heterocycles. The molecular weight excluding hydrogens is 356 g/mol. The summed E-state index contributed by atoms with van der Waals surface area (Å²) in [6, 6.07) is -0.308. The fraction of sp³-hybridized carbons (Fsp3) is 0.600. The number of ether oxygens (including phenoxy) is 1. The number of nitrogens with zero attached hydrogens (tertiary/aromatic N) is 7. The van der Waals surface area contributed by atoms with Crippen LogP contribution in [0.25, 0.3) is 10.4 Å². The van der Waals surface area contributed by atoms with Crippen molar-refractivity contribution in [2.24, 2.45) is 5.11 Å². The van der Waals surface area contributed by atoms with Crippen LogP contribution < -0.4 is 11.2 Å². The van der Waals surface area contributed by atoms with Gasteiger partial charge in [0, 0.05) is 35.8 Å². The summed E-state index contributed by atoms with van der Waals surface area (Å²) in [5.74, 6) is 0. The maximum Gasteiger partial charge on any atom is 0.330 e. The van der Waals surface area contributed by atoms with E-state index in [1.807, 2.05) is 0 Å². The molecule has 1 fully saturated rings. The van der Waals surface area contributed by atoms with Gasteiger partial charge >= 0.3 is 5.69 Å². The lowest BCUT2D eigenvalue weighted by Crippen LogP contribution is -2.33. The Morgan fingerprint density at radius 1 is 1.48 bits per heavy atom. The first-order chi connectivity index (χ1) is 13.0. The third-order valence-electron chi connectivity index (χ3n) is 4.49. The molecule has 0 bridgehead atoms. The van der Waals surface area contributed by atoms with Crippen LogP contribution in [0.4, 0.5) is 0 Å². The van der Waals surface area contributed by atoms with Crippen LogP contribution in [0.15, 0.2) is 27.1 Å². The number of aliphatic hydroxyl groups is 1. The molecule has 0 spiro atoms. The number of azide groups is 1. The van der Waals surface area contributed by atoms with Gasteiger partial charge in [-0.2, -0.15) is 0 Å². The topological polar surface area (TPSA) is 164 Å². The third kappa shape index (κ3) is 4.08. The number of aliphatic hydroxyl groups excluding tert-OH is 1. The van der Waals surface area contributed by atoms with Crippen molar-refractivity contribution in [3.63, 3.8) is 0 Å². The van der Waals surface area contributed by atoms with Crippen LogP contribution in [0.3, 0.4) is 0 Å². The lowest BCUT2D eigenvalue weighted by atomic mass is 10.1. The highest BCUT2D eigenvalue weighted by molar-refractivity contribution is 5.02. The summed E-state index contributed by atoms with van der Waals surface area (Å²) in [6.45, 7) is 1.74. The van der Waals surface area contributed by atoms with Crippen LogP contribution in [0.1, 0.15) is 36.4 Å². The summed E-state index contributed by atoms with van der Waals surface area (Å²) in [5.41, 5.74) is 8.41. The van der Waals surface area contributed by atoms with E-state index in [1.54, 1.807) is 17.8 Å². The molecule has 12 heteroatoms. The third-order valence-corrected chi connectivity index (χ3v) is 4.49. The summed E-state index contributed by atoms with van der Waals surface area (Å²) in [5, 5.41) is 21.3. The first kappa shape index (κ1) is 18.8. The summed E-state index contributed by atoms with van der Waals surface area (Å²) >= 11 is 0. The molecule has 0 unspecified atom stereocenters. The number of aromatic amines is 1. The molecule has 2 N–H and O–H groups in total. The number of H-pyrrole nitrogens is 1. The Bertz CT molecular complexity index is 957. The second-order valence-electron chi connectivity index (χ2n) is 6.34. The number of rotatable bonds is 7. The van der Waals surface area contributed by atoms with Gasteiger partial charge in [-0.25, -0.2) is 9.48 Å². The monoisotopic (exact) mass is 376 g/mol. The fourth-order valence-corrected chi connectivity index (χ4v) is 3.09. The molecule has 3 rings (SSSR count). The second-order valence-corrected chi connectivity index (χ2v) is 6.34. The van der Waals surface area contributed by atoms with Gasteiger partial charge in [0.1, 0.15) is 12.3 Å². The molecule has 3 atom stereocenters. The first-order valence-corrected chi connectivity index (χ1v) is 8.53. The molecule has 144 valence electrons. The Morgan fingerprint density at radius 3 is 3.04 bits per heavy atom. The van der Waals surface area contributed by atoms with E-state index in [0.717, 1.165) is 5.69 Å². The Morgan fingerprint density at radius 2 is 2.30 bits per heavy atom. The van der Waals surface area contributed by atoms with Crippen molar-refractivity contribution in [3.8, 4) is 0 Å². The van der Waals surface area contributed by atoms with E-state index < -0.39 is 23.6 Å². The Hall–Kier alpha value is -2.95. The van der Waals surface area contributed by atoms with Crippen LogP contribution in [-0.4, -0.2) is 48.9 Å². The highest BCUT2D eigenvalue weighted by Gasteiger charge is 2.38. The Balaban J connectivity index is 1.76. The summed E-state index contributed by atoms with van der Waals surface area (Å²) in [6.07, 6.45) is 3.67. The molecule has 1 aliphatic heterocycles. The van der Waals surface area contributed by atoms with Crippen LogP contribution >= 0.6 is 0 Å². The van der Waals surface area contributed by atoms with Crippen molar-refractivity contribution in [2.75, 3.05) is 13.2 Å². The van der Waals surface area contributed by atoms with Gasteiger partial charge in [0.25, 0.3) is 5.56 Å². The highest BCUT2D eigenvalue weighted by Crippen LogP contribution is 2.35. The molecule has 27 heavy (non-hydrogen) atoms. The van der Waals surface area contributed by atoms with Gasteiger partial charge in [-0.15, -0.1) is 5.10 Å². The smallest absolute Gasteiger partial charge is 0.330 e. The van der Waals surface area contributed by atoms with E-state index in [1.165, 1.54) is 10.8 Å². The zero-order chi connectivity index (χ0) is 19.4. The number of nitrogens with one attached hydrogen (secondary N) is 1. The average molecular weight is 376 g/mol. The molecule has 0 radical (unpaired) electrons. The van der Waals surface area contributed by atoms with Crippen molar-refractivity contribution in [3.05, 3.63) is 54.9 Å². The van der Waals surface area contributed by atoms with Gasteiger partial charge in [0.15, 0.2) is 0 Å². The van der Waals surface area contributed by atoms with Crippen molar-refractivity contribution in [1.82, 2.24) is 24.5 Å². The summed E-state index contributed by atoms with van der Waals surface area (Å²) < 4.78 is 8.74. The van der Waals surface area contributed by atoms with E-state index >= 15 is 0 Å². The van der Waals surface area contributed by atoms with E-state index in [0.29, 0.717) is 31.4 Å². The molecule has 1 saturated heterocycles. The van der Waals surface area contributed by atoms with Gasteiger partial charge in [0.05, 0.1) is 18.3 Å². The fourth-order valence-electron chi connectivity index (χ4n) is 3.09. The van der Waals surface area contributed by atoms with Gasteiger partial charge in [-0.1, -0.05) is 10.3 Å². The van der Waals surface area contributed by atoms with E-state index in [2.05, 4.69) is 25.3 Å². The zero-order valence-corrected chi connectivity index (χ0v) is 14.7. The lowest BCUT2D eigenvalue weighted by Gasteiger charge is -2.15. The van der Waals surface area contributed by atoms with E-state index in [9.17, 15) is 14.7 Å². The Labute approximate surface area is 153 Å². The average Bonchev–Trinajstić information content (AvgIpc) is 3.28. The van der Waals surface area contributed by atoms with Crippen LogP contribution in [0.5, 0.6) is 0 Å². The van der Waals surface area contributed by atoms with Crippen molar-refractivity contribution in [2.45, 2.75) is 44.6 Å². The zero-order valence-electron chi connectivity index (χ0n) is 14.7. The van der Waals surface area contributed by atoms with Crippen molar-refractivity contribution >= 4 is 0 Å². The van der Waals surface area contributed by atoms with Crippen LogP contribution in [0.2, 0.25) is 0 Å². The minimum absolute atomic E-state index is 0.246. The quantitative estimate of drug-likeness (QED) is 0.303. The maximum absolute atomic E-state index is 12.1. The van der Waals surface area contributed by atoms with E-state index in [-0.39, 0.29) is 12.6 Å². The molecule has 0 aromatic carbocycles. The number of aromatic nitrogens is 5. The Kier molecular flexibility index (Phi) is 5.69. The van der Waals surface area contributed by atoms with Gasteiger partial charge in [-0.05, 0) is 25.3 Å². The van der Waals surface area contributed by atoms with Crippen LogP contribution in [-0.2, 0) is 11.2 Å². The molecule has 0 saturated carbocycles. The number of hydrogen-bond acceptors (Lipinski definition) is 7. The molecule has 12 nitrogen and oxygen atoms in total. The second kappa shape index (κ2) is 8.16. The van der Waals surface area contributed by atoms with Gasteiger partial charge < -0.3 is 9.84 Å². The number of aryl methyl sites for hydroxylation is 2. The van der Waals surface area contributed by atoms with E-state index in [4.69, 9.17) is 10.3 Å². The van der Waals surface area contributed by atoms with Gasteiger partial charge in [-0.3, -0.25) is 14.3 Å². The van der Waals surface area contributed by atoms with Crippen molar-refractivity contribution in [1.29, 1.82) is 0 Å².